The molecule has 1 aromatic rings. The molecule has 1 aromatic carbocycles. The van der Waals surface area contributed by atoms with E-state index in [4.69, 9.17) is 9.84 Å². The molecule has 2 N–H and O–H groups in total. The minimum atomic E-state index is -0.0763. The summed E-state index contributed by atoms with van der Waals surface area (Å²) in [5, 5.41) is 12.7. The summed E-state index contributed by atoms with van der Waals surface area (Å²) in [7, 11) is 0. The lowest BCUT2D eigenvalue weighted by Gasteiger charge is -2.19. The Morgan fingerprint density at radius 2 is 2.10 bits per heavy atom. The summed E-state index contributed by atoms with van der Waals surface area (Å²) in [4.78, 5) is 0. The average Bonchev–Trinajstić information content (AvgIpc) is 3.05. The molecule has 0 atom stereocenters. The number of para-hydroxylation sites is 1. The zero-order chi connectivity index (χ0) is 14.2. The van der Waals surface area contributed by atoms with Gasteiger partial charge in [0.1, 0.15) is 11.4 Å². The van der Waals surface area contributed by atoms with Crippen LogP contribution in [-0.4, -0.2) is 23.9 Å². The predicted molar refractivity (Wildman–Crippen MR) is 79.9 cm³/mol. The Balaban J connectivity index is 1.61. The Morgan fingerprint density at radius 3 is 2.80 bits per heavy atom. The second-order valence-electron chi connectivity index (χ2n) is 7.02. The molecule has 0 amide bonds. The Bertz CT molecular complexity index is 492. The van der Waals surface area contributed by atoms with Gasteiger partial charge in [0.05, 0.1) is 0 Å². The minimum absolute atomic E-state index is 0.0763. The summed E-state index contributed by atoms with van der Waals surface area (Å²) in [5.41, 5.74) is 2.87. The van der Waals surface area contributed by atoms with Crippen LogP contribution < -0.4 is 10.1 Å². The lowest BCUT2D eigenvalue weighted by Crippen LogP contribution is -2.26. The van der Waals surface area contributed by atoms with Crippen LogP contribution in [0, 0.1) is 5.41 Å². The Kier molecular flexibility index (Phi) is 3.51. The van der Waals surface area contributed by atoms with Crippen LogP contribution in [0.3, 0.4) is 0 Å². The van der Waals surface area contributed by atoms with E-state index in [0.29, 0.717) is 12.0 Å². The first-order valence-electron chi connectivity index (χ1n) is 7.65. The van der Waals surface area contributed by atoms with Crippen molar-refractivity contribution >= 4 is 0 Å². The van der Waals surface area contributed by atoms with Crippen molar-refractivity contribution in [1.82, 2.24) is 5.32 Å². The Morgan fingerprint density at radius 1 is 1.30 bits per heavy atom. The second kappa shape index (κ2) is 5.05. The third-order valence-corrected chi connectivity index (χ3v) is 4.59. The minimum Gasteiger partial charge on any atom is -0.487 e. The molecule has 3 rings (SSSR count). The van der Waals surface area contributed by atoms with Gasteiger partial charge in [0.2, 0.25) is 0 Å². The van der Waals surface area contributed by atoms with Crippen LogP contribution in [-0.2, 0) is 13.0 Å². The van der Waals surface area contributed by atoms with Crippen LogP contribution >= 0.6 is 0 Å². The lowest BCUT2D eigenvalue weighted by molar-refractivity contribution is 0.137. The van der Waals surface area contributed by atoms with E-state index in [1.54, 1.807) is 0 Å². The number of fused-ring (bicyclic) bond motifs is 1. The summed E-state index contributed by atoms with van der Waals surface area (Å²) in [6.45, 7) is 6.45. The molecule has 3 nitrogen and oxygen atoms in total. The SMILES string of the molecule is CC1(C)Cc2cccc(CNCC3(CCO)CC3)c2O1. The summed E-state index contributed by atoms with van der Waals surface area (Å²) in [6, 6.07) is 6.45. The van der Waals surface area contributed by atoms with Crippen LogP contribution in [0.4, 0.5) is 0 Å². The zero-order valence-electron chi connectivity index (χ0n) is 12.5. The molecule has 0 radical (unpaired) electrons. The third kappa shape index (κ3) is 2.84. The number of aliphatic hydroxyl groups is 1. The molecular formula is C17H25NO2. The normalized spacial score (nSPS) is 21.4. The zero-order valence-corrected chi connectivity index (χ0v) is 12.5. The molecule has 1 aliphatic heterocycles. The van der Waals surface area contributed by atoms with Crippen LogP contribution in [0.15, 0.2) is 18.2 Å². The molecule has 0 spiro atoms. The molecular weight excluding hydrogens is 250 g/mol. The number of rotatable bonds is 6. The summed E-state index contributed by atoms with van der Waals surface area (Å²) in [6.07, 6.45) is 4.41. The first kappa shape index (κ1) is 13.9. The molecule has 2 aliphatic rings. The van der Waals surface area contributed by atoms with Gasteiger partial charge in [-0.2, -0.15) is 0 Å². The molecule has 0 bridgehead atoms. The smallest absolute Gasteiger partial charge is 0.127 e. The first-order chi connectivity index (χ1) is 9.54. The van der Waals surface area contributed by atoms with E-state index < -0.39 is 0 Å². The Hall–Kier alpha value is -1.06. The number of nitrogens with one attached hydrogen (secondary N) is 1. The fourth-order valence-electron chi connectivity index (χ4n) is 3.21. The Labute approximate surface area is 121 Å². The fraction of sp³-hybridized carbons (Fsp3) is 0.647. The van der Waals surface area contributed by atoms with E-state index in [0.717, 1.165) is 31.7 Å². The first-order valence-corrected chi connectivity index (χ1v) is 7.65. The third-order valence-electron chi connectivity index (χ3n) is 4.59. The number of hydrogen-bond donors (Lipinski definition) is 2. The standard InChI is InChI=1S/C17H25NO2/c1-16(2)10-13-4-3-5-14(15(13)20-16)11-18-12-17(6-7-17)8-9-19/h3-5,18-19H,6-12H2,1-2H3. The quantitative estimate of drug-likeness (QED) is 0.838. The van der Waals surface area contributed by atoms with Crippen molar-refractivity contribution in [3.8, 4) is 5.75 Å². The van der Waals surface area contributed by atoms with Gasteiger partial charge in [-0.25, -0.2) is 0 Å². The molecule has 0 unspecified atom stereocenters. The van der Waals surface area contributed by atoms with E-state index in [-0.39, 0.29) is 5.60 Å². The predicted octanol–water partition coefficient (Wildman–Crippen LogP) is 2.65. The van der Waals surface area contributed by atoms with Gasteiger partial charge in [-0.05, 0) is 44.1 Å². The highest BCUT2D eigenvalue weighted by Crippen LogP contribution is 2.48. The van der Waals surface area contributed by atoms with Gasteiger partial charge in [-0.3, -0.25) is 0 Å². The van der Waals surface area contributed by atoms with E-state index >= 15 is 0 Å². The highest BCUT2D eigenvalue weighted by Gasteiger charge is 2.41. The highest BCUT2D eigenvalue weighted by atomic mass is 16.5. The van der Waals surface area contributed by atoms with Crippen LogP contribution in [0.5, 0.6) is 5.75 Å². The van der Waals surface area contributed by atoms with Crippen molar-refractivity contribution in [2.24, 2.45) is 5.41 Å². The largest absolute Gasteiger partial charge is 0.487 e. The van der Waals surface area contributed by atoms with Crippen LogP contribution in [0.25, 0.3) is 0 Å². The van der Waals surface area contributed by atoms with Crippen molar-refractivity contribution in [3.05, 3.63) is 29.3 Å². The van der Waals surface area contributed by atoms with Gasteiger partial charge in [0.25, 0.3) is 0 Å². The van der Waals surface area contributed by atoms with E-state index in [9.17, 15) is 0 Å². The van der Waals surface area contributed by atoms with E-state index in [1.807, 2.05) is 0 Å². The van der Waals surface area contributed by atoms with Gasteiger partial charge in [-0.1, -0.05) is 18.2 Å². The van der Waals surface area contributed by atoms with Crippen molar-refractivity contribution < 1.29 is 9.84 Å². The van der Waals surface area contributed by atoms with Crippen molar-refractivity contribution in [3.63, 3.8) is 0 Å². The number of aliphatic hydroxyl groups excluding tert-OH is 1. The van der Waals surface area contributed by atoms with E-state index in [1.165, 1.54) is 24.0 Å². The second-order valence-corrected chi connectivity index (χ2v) is 7.02. The number of benzene rings is 1. The molecule has 3 heteroatoms. The van der Waals surface area contributed by atoms with Crippen molar-refractivity contribution in [2.45, 2.75) is 51.7 Å². The lowest BCUT2D eigenvalue weighted by atomic mass is 10.00. The summed E-state index contributed by atoms with van der Waals surface area (Å²) in [5.74, 6) is 1.08. The summed E-state index contributed by atoms with van der Waals surface area (Å²) >= 11 is 0. The van der Waals surface area contributed by atoms with Crippen molar-refractivity contribution in [2.75, 3.05) is 13.2 Å². The van der Waals surface area contributed by atoms with Gasteiger partial charge < -0.3 is 15.2 Å². The van der Waals surface area contributed by atoms with Crippen LogP contribution in [0.1, 0.15) is 44.2 Å². The van der Waals surface area contributed by atoms with Gasteiger partial charge in [0.15, 0.2) is 0 Å². The van der Waals surface area contributed by atoms with Crippen molar-refractivity contribution in [1.29, 1.82) is 0 Å². The molecule has 0 saturated heterocycles. The maximum Gasteiger partial charge on any atom is 0.127 e. The van der Waals surface area contributed by atoms with Gasteiger partial charge >= 0.3 is 0 Å². The molecule has 1 aliphatic carbocycles. The van der Waals surface area contributed by atoms with Crippen LogP contribution in [0.2, 0.25) is 0 Å². The fourth-order valence-corrected chi connectivity index (χ4v) is 3.21. The molecule has 1 fully saturated rings. The summed E-state index contributed by atoms with van der Waals surface area (Å²) < 4.78 is 6.09. The number of hydrogen-bond acceptors (Lipinski definition) is 3. The van der Waals surface area contributed by atoms with E-state index in [2.05, 4.69) is 37.4 Å². The molecule has 1 heterocycles. The topological polar surface area (TPSA) is 41.5 Å². The number of ether oxygens (including phenoxy) is 1. The maximum atomic E-state index is 9.09. The molecule has 110 valence electrons. The van der Waals surface area contributed by atoms with Gasteiger partial charge in [0, 0.05) is 31.7 Å². The highest BCUT2D eigenvalue weighted by molar-refractivity contribution is 5.45. The monoisotopic (exact) mass is 275 g/mol. The maximum absolute atomic E-state index is 9.09. The average molecular weight is 275 g/mol. The molecule has 1 saturated carbocycles. The molecule has 0 aromatic heterocycles. The molecule has 20 heavy (non-hydrogen) atoms. The van der Waals surface area contributed by atoms with Gasteiger partial charge in [-0.15, -0.1) is 0 Å².